The predicted molar refractivity (Wildman–Crippen MR) is 103 cm³/mol. The van der Waals surface area contributed by atoms with Crippen molar-refractivity contribution in [1.82, 2.24) is 14.6 Å². The van der Waals surface area contributed by atoms with E-state index in [0.717, 1.165) is 35.7 Å². The molecule has 1 fully saturated rings. The van der Waals surface area contributed by atoms with Gasteiger partial charge in [-0.1, -0.05) is 31.4 Å². The van der Waals surface area contributed by atoms with Crippen molar-refractivity contribution in [3.8, 4) is 17.0 Å². The topological polar surface area (TPSA) is 80.7 Å². The fourth-order valence-corrected chi connectivity index (χ4v) is 3.73. The van der Waals surface area contributed by atoms with Crippen molar-refractivity contribution in [2.45, 2.75) is 38.1 Å². The van der Waals surface area contributed by atoms with Gasteiger partial charge in [0, 0.05) is 17.8 Å². The van der Waals surface area contributed by atoms with Gasteiger partial charge in [-0.3, -0.25) is 5.10 Å². The third kappa shape index (κ3) is 3.25. The molecule has 1 aromatic carbocycles. The summed E-state index contributed by atoms with van der Waals surface area (Å²) in [7, 11) is 3.02. The summed E-state index contributed by atoms with van der Waals surface area (Å²) in [5, 5.41) is 6.79. The molecule has 0 amide bonds. The van der Waals surface area contributed by atoms with Crippen LogP contribution in [0.3, 0.4) is 0 Å². The van der Waals surface area contributed by atoms with Crippen molar-refractivity contribution in [2.24, 2.45) is 0 Å². The molecule has 2 N–H and O–H groups in total. The zero-order valence-electron chi connectivity index (χ0n) is 15.6. The zero-order chi connectivity index (χ0) is 18.8. The molecule has 0 bridgehead atoms. The van der Waals surface area contributed by atoms with Crippen molar-refractivity contribution in [1.29, 1.82) is 0 Å². The quantitative estimate of drug-likeness (QED) is 0.668. The van der Waals surface area contributed by atoms with Crippen LogP contribution in [0.25, 0.3) is 16.9 Å². The first-order valence-electron chi connectivity index (χ1n) is 9.30. The Hall–Kier alpha value is -2.96. The lowest BCUT2D eigenvalue weighted by atomic mass is 9.95. The number of nitrogens with zero attached hydrogens (tertiary/aromatic N) is 2. The van der Waals surface area contributed by atoms with Crippen molar-refractivity contribution >= 4 is 17.4 Å². The van der Waals surface area contributed by atoms with E-state index in [1.165, 1.54) is 26.4 Å². The molecule has 0 spiro atoms. The molecule has 1 aliphatic rings. The highest BCUT2D eigenvalue weighted by Gasteiger charge is 2.24. The molecule has 142 valence electrons. The Labute approximate surface area is 157 Å². The molecule has 0 aliphatic heterocycles. The summed E-state index contributed by atoms with van der Waals surface area (Å²) in [5.74, 6) is 1.22. The summed E-state index contributed by atoms with van der Waals surface area (Å²) in [6.07, 6.45) is 7.65. The van der Waals surface area contributed by atoms with Crippen LogP contribution in [0.4, 0.5) is 5.82 Å². The molecule has 1 saturated carbocycles. The Morgan fingerprint density at radius 3 is 2.81 bits per heavy atom. The van der Waals surface area contributed by atoms with E-state index in [0.29, 0.717) is 17.3 Å². The first kappa shape index (κ1) is 17.5. The number of nitrogens with one attached hydrogen (secondary N) is 2. The van der Waals surface area contributed by atoms with Crippen molar-refractivity contribution in [3.63, 3.8) is 0 Å². The SMILES string of the molecule is COC(=O)c1c[nH]n2c(NC3CCCCC3)c(-c3cccc(OC)c3)nc12. The number of rotatable bonds is 5. The Morgan fingerprint density at radius 1 is 1.26 bits per heavy atom. The van der Waals surface area contributed by atoms with Crippen LogP contribution in [0.1, 0.15) is 42.5 Å². The Bertz CT molecular complexity index is 953. The van der Waals surface area contributed by atoms with E-state index in [1.54, 1.807) is 13.3 Å². The number of H-pyrrole nitrogens is 1. The van der Waals surface area contributed by atoms with Gasteiger partial charge in [0.05, 0.1) is 14.2 Å². The highest BCUT2D eigenvalue weighted by atomic mass is 16.5. The second-order valence-electron chi connectivity index (χ2n) is 6.86. The Balaban J connectivity index is 1.83. The van der Waals surface area contributed by atoms with Gasteiger partial charge in [-0.2, -0.15) is 0 Å². The van der Waals surface area contributed by atoms with Crippen LogP contribution in [0, 0.1) is 0 Å². The summed E-state index contributed by atoms with van der Waals surface area (Å²) in [6.45, 7) is 0. The average Bonchev–Trinajstić information content (AvgIpc) is 3.28. The number of aromatic nitrogens is 3. The van der Waals surface area contributed by atoms with Crippen LogP contribution in [0.5, 0.6) is 5.75 Å². The number of imidazole rings is 1. The van der Waals surface area contributed by atoms with Crippen LogP contribution >= 0.6 is 0 Å². The molecule has 7 heteroatoms. The maximum Gasteiger partial charge on any atom is 0.343 e. The molecular formula is C20H24N4O3. The van der Waals surface area contributed by atoms with Gasteiger partial charge in [0.2, 0.25) is 0 Å². The third-order valence-electron chi connectivity index (χ3n) is 5.15. The minimum absolute atomic E-state index is 0.396. The second-order valence-corrected chi connectivity index (χ2v) is 6.86. The van der Waals surface area contributed by atoms with Crippen molar-refractivity contribution in [2.75, 3.05) is 19.5 Å². The van der Waals surface area contributed by atoms with Gasteiger partial charge < -0.3 is 14.8 Å². The van der Waals surface area contributed by atoms with Crippen LogP contribution in [0.2, 0.25) is 0 Å². The van der Waals surface area contributed by atoms with Crippen LogP contribution in [-0.4, -0.2) is 40.8 Å². The number of aromatic amines is 1. The van der Waals surface area contributed by atoms with E-state index in [2.05, 4.69) is 10.4 Å². The minimum atomic E-state index is -0.410. The fourth-order valence-electron chi connectivity index (χ4n) is 3.73. The molecule has 2 heterocycles. The van der Waals surface area contributed by atoms with Crippen LogP contribution in [0.15, 0.2) is 30.5 Å². The maximum atomic E-state index is 12.1. The van der Waals surface area contributed by atoms with E-state index < -0.39 is 5.97 Å². The molecule has 1 aliphatic carbocycles. The molecule has 3 aromatic rings. The molecule has 4 rings (SSSR count). The minimum Gasteiger partial charge on any atom is -0.497 e. The van der Waals surface area contributed by atoms with Gasteiger partial charge >= 0.3 is 5.97 Å². The lowest BCUT2D eigenvalue weighted by Crippen LogP contribution is -2.23. The standard InChI is InChI=1S/C20H24N4O3/c1-26-15-10-6-7-13(11-15)17-19(22-14-8-4-3-5-9-14)24-18(23-17)16(12-21-24)20(25)27-2/h6-7,10-12,14,21-22H,3-5,8-9H2,1-2H3. The molecule has 0 saturated heterocycles. The first-order chi connectivity index (χ1) is 13.2. The molecule has 7 nitrogen and oxygen atoms in total. The predicted octanol–water partition coefficient (Wildman–Crippen LogP) is 3.87. The second kappa shape index (κ2) is 7.34. The highest BCUT2D eigenvalue weighted by molar-refractivity contribution is 5.97. The van der Waals surface area contributed by atoms with Crippen molar-refractivity contribution < 1.29 is 14.3 Å². The Morgan fingerprint density at radius 2 is 2.07 bits per heavy atom. The number of hydrogen-bond donors (Lipinski definition) is 2. The average molecular weight is 368 g/mol. The molecule has 27 heavy (non-hydrogen) atoms. The zero-order valence-corrected chi connectivity index (χ0v) is 15.6. The van der Waals surface area contributed by atoms with Gasteiger partial charge in [0.15, 0.2) is 11.5 Å². The Kier molecular flexibility index (Phi) is 4.75. The van der Waals surface area contributed by atoms with Gasteiger partial charge in [-0.05, 0) is 25.0 Å². The maximum absolute atomic E-state index is 12.1. The van der Waals surface area contributed by atoms with Gasteiger partial charge in [-0.25, -0.2) is 14.3 Å². The normalized spacial score (nSPS) is 15.0. The number of carbonyl (C=O) groups excluding carboxylic acids is 1. The van der Waals surface area contributed by atoms with E-state index in [9.17, 15) is 4.79 Å². The summed E-state index contributed by atoms with van der Waals surface area (Å²) in [5.41, 5.74) is 2.69. The largest absolute Gasteiger partial charge is 0.497 e. The summed E-state index contributed by atoms with van der Waals surface area (Å²) in [6, 6.07) is 8.18. The number of benzene rings is 1. The smallest absolute Gasteiger partial charge is 0.343 e. The van der Waals surface area contributed by atoms with Gasteiger partial charge in [0.1, 0.15) is 17.0 Å². The molecule has 0 radical (unpaired) electrons. The number of esters is 1. The van der Waals surface area contributed by atoms with E-state index in [-0.39, 0.29) is 0 Å². The third-order valence-corrected chi connectivity index (χ3v) is 5.15. The number of methoxy groups -OCH3 is 2. The van der Waals surface area contributed by atoms with Gasteiger partial charge in [-0.15, -0.1) is 0 Å². The monoisotopic (exact) mass is 368 g/mol. The van der Waals surface area contributed by atoms with E-state index in [4.69, 9.17) is 14.5 Å². The van der Waals surface area contributed by atoms with E-state index in [1.807, 2.05) is 28.8 Å². The first-order valence-corrected chi connectivity index (χ1v) is 9.30. The summed E-state index contributed by atoms with van der Waals surface area (Å²) in [4.78, 5) is 16.9. The van der Waals surface area contributed by atoms with Gasteiger partial charge in [0.25, 0.3) is 0 Å². The highest BCUT2D eigenvalue weighted by Crippen LogP contribution is 2.33. The molecular weight excluding hydrogens is 344 g/mol. The van der Waals surface area contributed by atoms with Crippen LogP contribution in [-0.2, 0) is 4.74 Å². The summed E-state index contributed by atoms with van der Waals surface area (Å²) < 4.78 is 12.1. The molecule has 0 unspecified atom stereocenters. The number of hydrogen-bond acceptors (Lipinski definition) is 5. The van der Waals surface area contributed by atoms with Crippen molar-refractivity contribution in [3.05, 3.63) is 36.0 Å². The summed E-state index contributed by atoms with van der Waals surface area (Å²) >= 11 is 0. The lowest BCUT2D eigenvalue weighted by Gasteiger charge is -2.23. The van der Waals surface area contributed by atoms with Crippen LogP contribution < -0.4 is 10.1 Å². The lowest BCUT2D eigenvalue weighted by molar-refractivity contribution is 0.0602. The fraction of sp³-hybridized carbons (Fsp3) is 0.400. The van der Waals surface area contributed by atoms with E-state index >= 15 is 0 Å². The molecule has 0 atom stereocenters. The number of carbonyl (C=O) groups is 1. The molecule has 2 aromatic heterocycles. The number of ether oxygens (including phenoxy) is 2. The number of anilines is 1. The number of fused-ring (bicyclic) bond motifs is 1.